The molecular formula is C18H22N4. The summed E-state index contributed by atoms with van der Waals surface area (Å²) >= 11 is 0. The second-order valence-corrected chi connectivity index (χ2v) is 7.19. The molecule has 114 valence electrons. The van der Waals surface area contributed by atoms with Crippen LogP contribution < -0.4 is 9.80 Å². The molecule has 0 amide bonds. The van der Waals surface area contributed by atoms with Crippen LogP contribution in [0.15, 0.2) is 30.6 Å². The van der Waals surface area contributed by atoms with Gasteiger partial charge in [0.2, 0.25) is 0 Å². The molecule has 2 aliphatic rings. The first-order valence-corrected chi connectivity index (χ1v) is 7.92. The molecule has 1 unspecified atom stereocenters. The minimum atomic E-state index is 0.0235. The van der Waals surface area contributed by atoms with Crippen LogP contribution in [0.2, 0.25) is 0 Å². The van der Waals surface area contributed by atoms with Crippen LogP contribution in [0.25, 0.3) is 0 Å². The highest BCUT2D eigenvalue weighted by Crippen LogP contribution is 2.56. The zero-order chi connectivity index (χ0) is 15.6. The Morgan fingerprint density at radius 1 is 1.09 bits per heavy atom. The maximum absolute atomic E-state index is 4.65. The number of aromatic nitrogens is 2. The van der Waals surface area contributed by atoms with Gasteiger partial charge in [0.1, 0.15) is 6.17 Å². The van der Waals surface area contributed by atoms with Gasteiger partial charge in [0.05, 0.1) is 0 Å². The van der Waals surface area contributed by atoms with Crippen molar-refractivity contribution in [1.29, 1.82) is 0 Å². The van der Waals surface area contributed by atoms with Crippen LogP contribution in [0.5, 0.6) is 0 Å². The Labute approximate surface area is 131 Å². The molecule has 0 N–H and O–H groups in total. The van der Waals surface area contributed by atoms with E-state index in [-0.39, 0.29) is 11.6 Å². The lowest BCUT2D eigenvalue weighted by Crippen LogP contribution is -2.51. The van der Waals surface area contributed by atoms with Crippen LogP contribution >= 0.6 is 0 Å². The minimum absolute atomic E-state index is 0.0235. The Hall–Kier alpha value is -2.10. The first kappa shape index (κ1) is 13.6. The fourth-order valence-electron chi connectivity index (χ4n) is 4.00. The van der Waals surface area contributed by atoms with E-state index in [0.717, 1.165) is 11.6 Å². The highest BCUT2D eigenvalue weighted by molar-refractivity contribution is 5.84. The van der Waals surface area contributed by atoms with Gasteiger partial charge in [-0.25, -0.2) is 9.97 Å². The Kier molecular flexibility index (Phi) is 2.60. The van der Waals surface area contributed by atoms with Gasteiger partial charge in [-0.3, -0.25) is 0 Å². The smallest absolute Gasteiger partial charge is 0.178 e. The second kappa shape index (κ2) is 4.22. The molecule has 0 saturated heterocycles. The summed E-state index contributed by atoms with van der Waals surface area (Å²) in [6.45, 7) is 11.3. The van der Waals surface area contributed by atoms with Gasteiger partial charge < -0.3 is 9.80 Å². The topological polar surface area (TPSA) is 32.3 Å². The van der Waals surface area contributed by atoms with Crippen molar-refractivity contribution in [1.82, 2.24) is 9.97 Å². The number of benzene rings is 1. The quantitative estimate of drug-likeness (QED) is 0.801. The normalized spacial score (nSPS) is 21.1. The van der Waals surface area contributed by atoms with Gasteiger partial charge in [-0.15, -0.1) is 0 Å². The maximum Gasteiger partial charge on any atom is 0.178 e. The van der Waals surface area contributed by atoms with Crippen LogP contribution in [-0.4, -0.2) is 22.2 Å². The first-order chi connectivity index (χ1) is 10.4. The summed E-state index contributed by atoms with van der Waals surface area (Å²) in [5, 5.41) is 0. The summed E-state index contributed by atoms with van der Waals surface area (Å²) in [5.41, 5.74) is 3.98. The number of hydrogen-bond donors (Lipinski definition) is 0. The van der Waals surface area contributed by atoms with Crippen molar-refractivity contribution in [2.24, 2.45) is 0 Å². The molecule has 0 fully saturated rings. The van der Waals surface area contributed by atoms with Gasteiger partial charge in [-0.2, -0.15) is 0 Å². The van der Waals surface area contributed by atoms with E-state index in [4.69, 9.17) is 0 Å². The second-order valence-electron chi connectivity index (χ2n) is 7.19. The first-order valence-electron chi connectivity index (χ1n) is 7.92. The Morgan fingerprint density at radius 2 is 1.77 bits per heavy atom. The molecule has 0 spiro atoms. The summed E-state index contributed by atoms with van der Waals surface area (Å²) in [6, 6.07) is 7.14. The predicted molar refractivity (Wildman–Crippen MR) is 89.8 cm³/mol. The molecule has 4 heteroatoms. The lowest BCUT2D eigenvalue weighted by molar-refractivity contribution is 0.408. The lowest BCUT2D eigenvalue weighted by Gasteiger charge is -2.38. The fraction of sp³-hybridized carbons (Fsp3) is 0.444. The van der Waals surface area contributed by atoms with Gasteiger partial charge in [0.15, 0.2) is 11.6 Å². The zero-order valence-corrected chi connectivity index (χ0v) is 13.8. The number of hydrogen-bond acceptors (Lipinski definition) is 4. The van der Waals surface area contributed by atoms with Gasteiger partial charge in [0, 0.05) is 29.5 Å². The van der Waals surface area contributed by atoms with Crippen molar-refractivity contribution in [3.63, 3.8) is 0 Å². The van der Waals surface area contributed by atoms with Crippen molar-refractivity contribution in [2.75, 3.05) is 9.80 Å². The average Bonchev–Trinajstić information content (AvgIpc) is 2.92. The molecule has 4 nitrogen and oxygen atoms in total. The molecule has 3 heterocycles. The van der Waals surface area contributed by atoms with Gasteiger partial charge in [0.25, 0.3) is 0 Å². The molecule has 1 aromatic carbocycles. The van der Waals surface area contributed by atoms with Crippen LogP contribution in [-0.2, 0) is 5.41 Å². The molecule has 4 rings (SSSR count). The summed E-state index contributed by atoms with van der Waals surface area (Å²) in [4.78, 5) is 14.1. The van der Waals surface area contributed by atoms with Crippen molar-refractivity contribution in [2.45, 2.75) is 52.2 Å². The molecule has 0 radical (unpaired) electrons. The number of nitrogens with zero attached hydrogens (tertiary/aromatic N) is 4. The molecule has 2 aliphatic heterocycles. The molecule has 1 aromatic heterocycles. The summed E-state index contributed by atoms with van der Waals surface area (Å²) in [5.74, 6) is 1.99. The lowest BCUT2D eigenvalue weighted by atomic mass is 9.83. The van der Waals surface area contributed by atoms with Crippen LogP contribution in [0.4, 0.5) is 17.3 Å². The maximum atomic E-state index is 4.65. The summed E-state index contributed by atoms with van der Waals surface area (Å²) in [6.07, 6.45) is 3.82. The van der Waals surface area contributed by atoms with Crippen LogP contribution in [0.3, 0.4) is 0 Å². The van der Waals surface area contributed by atoms with E-state index in [1.54, 1.807) is 12.4 Å². The van der Waals surface area contributed by atoms with Gasteiger partial charge >= 0.3 is 0 Å². The van der Waals surface area contributed by atoms with Crippen molar-refractivity contribution >= 4 is 17.3 Å². The third-order valence-electron chi connectivity index (χ3n) is 4.95. The van der Waals surface area contributed by atoms with E-state index in [9.17, 15) is 0 Å². The molecule has 22 heavy (non-hydrogen) atoms. The van der Waals surface area contributed by atoms with E-state index in [2.05, 4.69) is 72.6 Å². The van der Waals surface area contributed by atoms with E-state index in [0.29, 0.717) is 6.04 Å². The standard InChI is InChI=1S/C18H22N4/c1-11(2)21-15-16(20-9-8-19-15)22-14-10-12(3)6-7-13(14)18(4,5)17(21)22/h6-11,17H,1-5H3. The Bertz CT molecular complexity index is 751. The zero-order valence-electron chi connectivity index (χ0n) is 13.8. The molecule has 0 aliphatic carbocycles. The average molecular weight is 294 g/mol. The van der Waals surface area contributed by atoms with Crippen molar-refractivity contribution < 1.29 is 0 Å². The minimum Gasteiger partial charge on any atom is -0.329 e. The van der Waals surface area contributed by atoms with Gasteiger partial charge in [-0.05, 0) is 38.0 Å². The molecular weight excluding hydrogens is 272 g/mol. The third kappa shape index (κ3) is 1.52. The summed E-state index contributed by atoms with van der Waals surface area (Å²) < 4.78 is 0. The molecule has 0 bridgehead atoms. The highest BCUT2D eigenvalue weighted by Gasteiger charge is 2.54. The molecule has 0 saturated carbocycles. The number of fused-ring (bicyclic) bond motifs is 5. The van der Waals surface area contributed by atoms with E-state index >= 15 is 0 Å². The Morgan fingerprint density at radius 3 is 2.45 bits per heavy atom. The Balaban J connectivity index is 2.01. The predicted octanol–water partition coefficient (Wildman–Crippen LogP) is 3.77. The van der Waals surface area contributed by atoms with Crippen molar-refractivity contribution in [3.8, 4) is 0 Å². The number of anilines is 3. The van der Waals surface area contributed by atoms with Crippen LogP contribution in [0.1, 0.15) is 38.8 Å². The SMILES string of the molecule is Cc1ccc2c(c1)N1c3nccnc3N(C(C)C)C1C2(C)C. The summed E-state index contributed by atoms with van der Waals surface area (Å²) in [7, 11) is 0. The molecule has 2 aromatic rings. The fourth-order valence-corrected chi connectivity index (χ4v) is 4.00. The highest BCUT2D eigenvalue weighted by atomic mass is 15.5. The van der Waals surface area contributed by atoms with Crippen molar-refractivity contribution in [3.05, 3.63) is 41.7 Å². The monoisotopic (exact) mass is 294 g/mol. The molecule has 1 atom stereocenters. The largest absolute Gasteiger partial charge is 0.329 e. The van der Waals surface area contributed by atoms with Gasteiger partial charge in [-0.1, -0.05) is 26.0 Å². The number of aryl methyl sites for hydroxylation is 1. The van der Waals surface area contributed by atoms with Crippen LogP contribution in [0, 0.1) is 6.92 Å². The van der Waals surface area contributed by atoms with E-state index in [1.165, 1.54) is 16.8 Å². The van der Waals surface area contributed by atoms with E-state index < -0.39 is 0 Å². The third-order valence-corrected chi connectivity index (χ3v) is 4.95. The number of rotatable bonds is 1. The van der Waals surface area contributed by atoms with E-state index in [1.807, 2.05) is 0 Å².